The lowest BCUT2D eigenvalue weighted by molar-refractivity contribution is 0.0682. The summed E-state index contributed by atoms with van der Waals surface area (Å²) < 4.78 is 1.65. The summed E-state index contributed by atoms with van der Waals surface area (Å²) in [6, 6.07) is 7.50. The zero-order valence-electron chi connectivity index (χ0n) is 17.0. The van der Waals surface area contributed by atoms with Gasteiger partial charge in [-0.15, -0.1) is 10.2 Å². The molecule has 0 radical (unpaired) electrons. The Labute approximate surface area is 188 Å². The SMILES string of the molecule is CCc1c(C(=O)Nc2nnc(C3CC3)s2)nn2c1C(=O)N(Cc1ccccc1Cl)CC2. The molecule has 1 fully saturated rings. The van der Waals surface area contributed by atoms with Crippen molar-refractivity contribution in [1.82, 2.24) is 24.9 Å². The largest absolute Gasteiger partial charge is 0.331 e. The van der Waals surface area contributed by atoms with Gasteiger partial charge in [0.1, 0.15) is 10.7 Å². The molecule has 0 unspecified atom stereocenters. The Morgan fingerprint density at radius 3 is 2.81 bits per heavy atom. The molecule has 10 heteroatoms. The predicted octanol–water partition coefficient (Wildman–Crippen LogP) is 3.74. The van der Waals surface area contributed by atoms with Crippen molar-refractivity contribution < 1.29 is 9.59 Å². The molecule has 1 aliphatic heterocycles. The van der Waals surface area contributed by atoms with E-state index in [9.17, 15) is 9.59 Å². The van der Waals surface area contributed by atoms with Crippen LogP contribution in [0.4, 0.5) is 5.13 Å². The van der Waals surface area contributed by atoms with Gasteiger partial charge in [0.2, 0.25) is 5.13 Å². The van der Waals surface area contributed by atoms with E-state index >= 15 is 0 Å². The standard InChI is InChI=1S/C21H21ClN6O2S/c1-2-14-16(18(29)23-21-25-24-19(31-21)12-7-8-12)26-28-10-9-27(20(30)17(14)28)11-13-5-3-4-6-15(13)22/h3-6,12H,2,7-11H2,1H3,(H,23,25,29). The van der Waals surface area contributed by atoms with Crippen LogP contribution in [-0.4, -0.2) is 43.2 Å². The second kappa shape index (κ2) is 8.05. The van der Waals surface area contributed by atoms with Crippen LogP contribution in [0.2, 0.25) is 5.02 Å². The third kappa shape index (κ3) is 3.83. The molecule has 160 valence electrons. The van der Waals surface area contributed by atoms with Gasteiger partial charge in [0.05, 0.1) is 6.54 Å². The molecule has 0 saturated heterocycles. The molecular formula is C21H21ClN6O2S. The van der Waals surface area contributed by atoms with Gasteiger partial charge in [0.25, 0.3) is 11.8 Å². The molecule has 3 heterocycles. The summed E-state index contributed by atoms with van der Waals surface area (Å²) in [7, 11) is 0. The Bertz CT molecular complexity index is 1170. The summed E-state index contributed by atoms with van der Waals surface area (Å²) in [6.45, 7) is 3.37. The lowest BCUT2D eigenvalue weighted by Crippen LogP contribution is -2.40. The first-order valence-corrected chi connectivity index (χ1v) is 11.5. The van der Waals surface area contributed by atoms with Gasteiger partial charge in [0.15, 0.2) is 5.69 Å². The zero-order chi connectivity index (χ0) is 21.5. The molecule has 0 atom stereocenters. The highest BCUT2D eigenvalue weighted by atomic mass is 35.5. The number of nitrogens with one attached hydrogen (secondary N) is 1. The van der Waals surface area contributed by atoms with Gasteiger partial charge in [-0.3, -0.25) is 19.6 Å². The summed E-state index contributed by atoms with van der Waals surface area (Å²) in [5, 5.41) is 17.6. The minimum Gasteiger partial charge on any atom is -0.331 e. The number of fused-ring (bicyclic) bond motifs is 1. The number of aromatic nitrogens is 4. The molecule has 1 N–H and O–H groups in total. The van der Waals surface area contributed by atoms with E-state index in [0.717, 1.165) is 23.4 Å². The number of carbonyl (C=O) groups excluding carboxylic acids is 2. The summed E-state index contributed by atoms with van der Waals surface area (Å²) in [5.41, 5.74) is 2.29. The van der Waals surface area contributed by atoms with Crippen molar-refractivity contribution in [3.8, 4) is 0 Å². The molecule has 2 amide bonds. The predicted molar refractivity (Wildman–Crippen MR) is 118 cm³/mol. The maximum absolute atomic E-state index is 13.3. The fourth-order valence-corrected chi connectivity index (χ4v) is 4.91. The average Bonchev–Trinajstić information content (AvgIpc) is 3.38. The number of carbonyl (C=O) groups is 2. The lowest BCUT2D eigenvalue weighted by Gasteiger charge is -2.28. The fourth-order valence-electron chi connectivity index (χ4n) is 3.80. The summed E-state index contributed by atoms with van der Waals surface area (Å²) >= 11 is 7.68. The van der Waals surface area contributed by atoms with Crippen molar-refractivity contribution in [2.75, 3.05) is 11.9 Å². The quantitative estimate of drug-likeness (QED) is 0.610. The van der Waals surface area contributed by atoms with Crippen LogP contribution in [0, 0.1) is 0 Å². The van der Waals surface area contributed by atoms with E-state index in [1.54, 1.807) is 9.58 Å². The smallest absolute Gasteiger partial charge is 0.278 e. The molecule has 1 saturated carbocycles. The molecule has 31 heavy (non-hydrogen) atoms. The zero-order valence-corrected chi connectivity index (χ0v) is 18.5. The minimum atomic E-state index is -0.359. The Hall–Kier alpha value is -2.78. The minimum absolute atomic E-state index is 0.137. The first-order valence-electron chi connectivity index (χ1n) is 10.3. The third-order valence-corrected chi connectivity index (χ3v) is 6.97. The highest BCUT2D eigenvalue weighted by Gasteiger charge is 2.33. The maximum atomic E-state index is 13.3. The van der Waals surface area contributed by atoms with Crippen molar-refractivity contribution in [2.45, 2.75) is 45.2 Å². The number of anilines is 1. The molecule has 1 aromatic carbocycles. The van der Waals surface area contributed by atoms with E-state index in [1.807, 2.05) is 31.2 Å². The number of hydrogen-bond donors (Lipinski definition) is 1. The van der Waals surface area contributed by atoms with Gasteiger partial charge in [0, 0.05) is 29.6 Å². The molecule has 0 spiro atoms. The van der Waals surface area contributed by atoms with Crippen LogP contribution in [0.1, 0.15) is 62.8 Å². The maximum Gasteiger partial charge on any atom is 0.278 e. The van der Waals surface area contributed by atoms with E-state index in [1.165, 1.54) is 11.3 Å². The van der Waals surface area contributed by atoms with Crippen molar-refractivity contribution in [1.29, 1.82) is 0 Å². The number of halogens is 1. The van der Waals surface area contributed by atoms with Crippen molar-refractivity contribution >= 4 is 39.9 Å². The van der Waals surface area contributed by atoms with Crippen LogP contribution in [0.5, 0.6) is 0 Å². The van der Waals surface area contributed by atoms with Crippen molar-refractivity contribution in [3.63, 3.8) is 0 Å². The van der Waals surface area contributed by atoms with Crippen molar-refractivity contribution in [2.24, 2.45) is 0 Å². The number of nitrogens with zero attached hydrogens (tertiary/aromatic N) is 5. The summed E-state index contributed by atoms with van der Waals surface area (Å²) in [5.74, 6) is -0.0137. The Morgan fingerprint density at radius 1 is 1.26 bits per heavy atom. The molecule has 8 nitrogen and oxygen atoms in total. The van der Waals surface area contributed by atoms with E-state index in [4.69, 9.17) is 11.6 Å². The second-order valence-electron chi connectivity index (χ2n) is 7.74. The van der Waals surface area contributed by atoms with Crippen molar-refractivity contribution in [3.05, 3.63) is 56.8 Å². The lowest BCUT2D eigenvalue weighted by atomic mass is 10.1. The highest BCUT2D eigenvalue weighted by Crippen LogP contribution is 2.42. The van der Waals surface area contributed by atoms with Gasteiger partial charge in [-0.25, -0.2) is 0 Å². The Morgan fingerprint density at radius 2 is 2.06 bits per heavy atom. The topological polar surface area (TPSA) is 93.0 Å². The average molecular weight is 457 g/mol. The number of amides is 2. The van der Waals surface area contributed by atoms with Gasteiger partial charge >= 0.3 is 0 Å². The van der Waals surface area contributed by atoms with Crippen LogP contribution in [0.3, 0.4) is 0 Å². The van der Waals surface area contributed by atoms with E-state index in [2.05, 4.69) is 20.6 Å². The van der Waals surface area contributed by atoms with Gasteiger partial charge in [-0.05, 0) is 30.9 Å². The molecule has 5 rings (SSSR count). The van der Waals surface area contributed by atoms with Crippen LogP contribution < -0.4 is 5.32 Å². The number of benzene rings is 1. The summed E-state index contributed by atoms with van der Waals surface area (Å²) in [4.78, 5) is 28.0. The van der Waals surface area contributed by atoms with Crippen LogP contribution in [0.25, 0.3) is 0 Å². The first-order chi connectivity index (χ1) is 15.0. The molecule has 0 bridgehead atoms. The van der Waals surface area contributed by atoms with E-state index < -0.39 is 0 Å². The first kappa shape index (κ1) is 20.1. The second-order valence-corrected chi connectivity index (χ2v) is 9.16. The van der Waals surface area contributed by atoms with Gasteiger partial charge < -0.3 is 4.90 Å². The van der Waals surface area contributed by atoms with Gasteiger partial charge in [-0.2, -0.15) is 5.10 Å². The molecular weight excluding hydrogens is 436 g/mol. The van der Waals surface area contributed by atoms with Crippen LogP contribution in [-0.2, 0) is 19.5 Å². The van der Waals surface area contributed by atoms with E-state index in [-0.39, 0.29) is 17.5 Å². The fraction of sp³-hybridized carbons (Fsp3) is 0.381. The number of hydrogen-bond acceptors (Lipinski definition) is 6. The molecule has 3 aromatic rings. The molecule has 2 aromatic heterocycles. The van der Waals surface area contributed by atoms with Crippen LogP contribution in [0.15, 0.2) is 24.3 Å². The highest BCUT2D eigenvalue weighted by molar-refractivity contribution is 7.15. The normalized spacial score (nSPS) is 15.8. The van der Waals surface area contributed by atoms with Gasteiger partial charge in [-0.1, -0.05) is 48.1 Å². The molecule has 2 aliphatic rings. The number of rotatable bonds is 6. The van der Waals surface area contributed by atoms with Crippen LogP contribution >= 0.6 is 22.9 Å². The third-order valence-electron chi connectivity index (χ3n) is 5.60. The molecule has 1 aliphatic carbocycles. The Kier molecular flexibility index (Phi) is 5.23. The Balaban J connectivity index is 1.38. The summed E-state index contributed by atoms with van der Waals surface area (Å²) in [6.07, 6.45) is 2.78. The van der Waals surface area contributed by atoms with E-state index in [0.29, 0.717) is 53.4 Å². The monoisotopic (exact) mass is 456 g/mol.